The van der Waals surface area contributed by atoms with Gasteiger partial charge in [-0.25, -0.2) is 4.98 Å². The van der Waals surface area contributed by atoms with Crippen LogP contribution in [-0.4, -0.2) is 21.1 Å². The van der Waals surface area contributed by atoms with Gasteiger partial charge in [0, 0.05) is 31.8 Å². The Labute approximate surface area is 112 Å². The largest absolute Gasteiger partial charge is 0.337 e. The lowest BCUT2D eigenvalue weighted by Crippen LogP contribution is -2.25. The second-order valence-electron chi connectivity index (χ2n) is 4.18. The number of halogens is 1. The molecule has 0 fully saturated rings. The molecule has 0 bridgehead atoms. The molecule has 5 heteroatoms. The van der Waals surface area contributed by atoms with Crippen molar-refractivity contribution in [2.24, 2.45) is 7.05 Å². The lowest BCUT2D eigenvalue weighted by Gasteiger charge is -2.18. The molecule has 2 aromatic heterocycles. The van der Waals surface area contributed by atoms with E-state index in [9.17, 15) is 0 Å². The van der Waals surface area contributed by atoms with Gasteiger partial charge < -0.3 is 9.88 Å². The number of nitrogens with one attached hydrogen (secondary N) is 1. The van der Waals surface area contributed by atoms with Gasteiger partial charge in [-0.1, -0.05) is 18.5 Å². The molecule has 96 valence electrons. The Morgan fingerprint density at radius 2 is 2.28 bits per heavy atom. The Hall–Kier alpha value is -1.39. The first kappa shape index (κ1) is 13.1. The molecule has 0 saturated heterocycles. The van der Waals surface area contributed by atoms with Crippen molar-refractivity contribution in [3.8, 4) is 0 Å². The van der Waals surface area contributed by atoms with Crippen LogP contribution in [0.5, 0.6) is 0 Å². The first-order chi connectivity index (χ1) is 8.72. The molecule has 1 atom stereocenters. The Morgan fingerprint density at radius 1 is 1.44 bits per heavy atom. The van der Waals surface area contributed by atoms with Crippen LogP contribution in [0.2, 0.25) is 5.02 Å². The highest BCUT2D eigenvalue weighted by Crippen LogP contribution is 2.21. The molecule has 0 aromatic carbocycles. The van der Waals surface area contributed by atoms with Crippen molar-refractivity contribution in [2.75, 3.05) is 6.54 Å². The van der Waals surface area contributed by atoms with Crippen molar-refractivity contribution < 1.29 is 0 Å². The lowest BCUT2D eigenvalue weighted by atomic mass is 10.1. The van der Waals surface area contributed by atoms with E-state index in [1.807, 2.05) is 30.1 Å². The van der Waals surface area contributed by atoms with Crippen LogP contribution >= 0.6 is 11.6 Å². The third kappa shape index (κ3) is 2.89. The fourth-order valence-corrected chi connectivity index (χ4v) is 2.20. The van der Waals surface area contributed by atoms with E-state index >= 15 is 0 Å². The number of hydrogen-bond acceptors (Lipinski definition) is 3. The number of aromatic nitrogens is 3. The molecule has 2 rings (SSSR count). The molecule has 18 heavy (non-hydrogen) atoms. The fourth-order valence-electron chi connectivity index (χ4n) is 2.00. The summed E-state index contributed by atoms with van der Waals surface area (Å²) in [6, 6.07) is 2.12. The third-order valence-electron chi connectivity index (χ3n) is 2.90. The van der Waals surface area contributed by atoms with Gasteiger partial charge in [0.2, 0.25) is 0 Å². The van der Waals surface area contributed by atoms with Crippen LogP contribution in [0.1, 0.15) is 24.4 Å². The van der Waals surface area contributed by atoms with Gasteiger partial charge in [-0.15, -0.1) is 0 Å². The molecular weight excluding hydrogens is 248 g/mol. The van der Waals surface area contributed by atoms with Gasteiger partial charge in [0.15, 0.2) is 0 Å². The first-order valence-corrected chi connectivity index (χ1v) is 6.39. The van der Waals surface area contributed by atoms with Crippen LogP contribution in [-0.2, 0) is 13.5 Å². The highest BCUT2D eigenvalue weighted by atomic mass is 35.5. The van der Waals surface area contributed by atoms with Crippen molar-refractivity contribution in [1.29, 1.82) is 0 Å². The van der Waals surface area contributed by atoms with Crippen LogP contribution in [0.4, 0.5) is 0 Å². The number of likely N-dealkylation sites (N-methyl/N-ethyl adjacent to an activating group) is 1. The zero-order chi connectivity index (χ0) is 13.0. The van der Waals surface area contributed by atoms with E-state index in [0.29, 0.717) is 5.02 Å². The van der Waals surface area contributed by atoms with Crippen molar-refractivity contribution >= 4 is 11.6 Å². The second-order valence-corrected chi connectivity index (χ2v) is 4.59. The average Bonchev–Trinajstić information content (AvgIpc) is 2.78. The number of pyridine rings is 1. The molecule has 1 N–H and O–H groups in total. The van der Waals surface area contributed by atoms with Gasteiger partial charge in [0.05, 0.1) is 11.1 Å². The van der Waals surface area contributed by atoms with Crippen molar-refractivity contribution in [1.82, 2.24) is 19.9 Å². The number of rotatable bonds is 5. The minimum Gasteiger partial charge on any atom is -0.337 e. The van der Waals surface area contributed by atoms with Crippen LogP contribution in [0.25, 0.3) is 0 Å². The van der Waals surface area contributed by atoms with Crippen molar-refractivity contribution in [2.45, 2.75) is 19.4 Å². The maximum atomic E-state index is 6.15. The average molecular weight is 265 g/mol. The van der Waals surface area contributed by atoms with Gasteiger partial charge >= 0.3 is 0 Å². The zero-order valence-corrected chi connectivity index (χ0v) is 11.4. The molecule has 2 aromatic rings. The maximum absolute atomic E-state index is 6.15. The van der Waals surface area contributed by atoms with Gasteiger partial charge in [-0.05, 0) is 24.6 Å². The minimum absolute atomic E-state index is 0.162. The molecule has 0 aliphatic carbocycles. The number of nitrogens with zero attached hydrogens (tertiary/aromatic N) is 3. The van der Waals surface area contributed by atoms with Crippen molar-refractivity contribution in [3.63, 3.8) is 0 Å². The molecule has 0 spiro atoms. The third-order valence-corrected chi connectivity index (χ3v) is 3.24. The quantitative estimate of drug-likeness (QED) is 0.902. The summed E-state index contributed by atoms with van der Waals surface area (Å²) in [4.78, 5) is 8.41. The summed E-state index contributed by atoms with van der Waals surface area (Å²) in [6.07, 6.45) is 8.02. The lowest BCUT2D eigenvalue weighted by molar-refractivity contribution is 0.506. The molecule has 0 aliphatic rings. The van der Waals surface area contributed by atoms with E-state index in [4.69, 9.17) is 11.6 Å². The standard InChI is InChI=1S/C13H17ClN4/c1-3-16-12(13-17-6-7-18(13)2)8-10-4-5-15-9-11(10)14/h4-7,9,12,16H,3,8H2,1-2H3. The predicted molar refractivity (Wildman–Crippen MR) is 72.6 cm³/mol. The SMILES string of the molecule is CCNC(Cc1ccncc1Cl)c1nccn1C. The molecule has 0 radical (unpaired) electrons. The summed E-state index contributed by atoms with van der Waals surface area (Å²) in [7, 11) is 2.00. The summed E-state index contributed by atoms with van der Waals surface area (Å²) >= 11 is 6.15. The molecule has 1 unspecified atom stereocenters. The molecule has 2 heterocycles. The summed E-state index contributed by atoms with van der Waals surface area (Å²) in [5.41, 5.74) is 1.08. The van der Waals surface area contributed by atoms with Crippen molar-refractivity contribution in [3.05, 3.63) is 47.3 Å². The number of imidazole rings is 1. The van der Waals surface area contributed by atoms with E-state index in [1.54, 1.807) is 12.4 Å². The maximum Gasteiger partial charge on any atom is 0.125 e. The Morgan fingerprint density at radius 3 is 2.89 bits per heavy atom. The zero-order valence-electron chi connectivity index (χ0n) is 10.6. The van der Waals surface area contributed by atoms with Crippen LogP contribution in [0, 0.1) is 0 Å². The van der Waals surface area contributed by atoms with Crippen LogP contribution in [0.15, 0.2) is 30.9 Å². The van der Waals surface area contributed by atoms with E-state index < -0.39 is 0 Å². The number of aryl methyl sites for hydroxylation is 1. The predicted octanol–water partition coefficient (Wildman–Crippen LogP) is 2.36. The summed E-state index contributed by atoms with van der Waals surface area (Å²) in [5, 5.41) is 4.14. The van der Waals surface area contributed by atoms with Gasteiger partial charge in [0.1, 0.15) is 5.82 Å². The minimum atomic E-state index is 0.162. The normalized spacial score (nSPS) is 12.6. The van der Waals surface area contributed by atoms with Crippen LogP contribution in [0.3, 0.4) is 0 Å². The molecule has 0 amide bonds. The topological polar surface area (TPSA) is 42.7 Å². The van der Waals surface area contributed by atoms with E-state index in [0.717, 1.165) is 24.4 Å². The molecule has 0 aliphatic heterocycles. The van der Waals surface area contributed by atoms with E-state index in [-0.39, 0.29) is 6.04 Å². The smallest absolute Gasteiger partial charge is 0.125 e. The van der Waals surface area contributed by atoms with E-state index in [1.165, 1.54) is 0 Å². The first-order valence-electron chi connectivity index (χ1n) is 6.01. The number of hydrogen-bond donors (Lipinski definition) is 1. The summed E-state index contributed by atoms with van der Waals surface area (Å²) in [5.74, 6) is 1.02. The van der Waals surface area contributed by atoms with Gasteiger partial charge in [-0.3, -0.25) is 4.98 Å². The highest BCUT2D eigenvalue weighted by Gasteiger charge is 2.16. The second kappa shape index (κ2) is 5.98. The summed E-state index contributed by atoms with van der Waals surface area (Å²) < 4.78 is 2.03. The Kier molecular flexibility index (Phi) is 4.33. The van der Waals surface area contributed by atoms with Gasteiger partial charge in [-0.2, -0.15) is 0 Å². The fraction of sp³-hybridized carbons (Fsp3) is 0.385. The van der Waals surface area contributed by atoms with Crippen LogP contribution < -0.4 is 5.32 Å². The summed E-state index contributed by atoms with van der Waals surface area (Å²) in [6.45, 7) is 2.98. The molecular formula is C13H17ClN4. The van der Waals surface area contributed by atoms with Gasteiger partial charge in [0.25, 0.3) is 0 Å². The monoisotopic (exact) mass is 264 g/mol. The Bertz CT molecular complexity index is 509. The highest BCUT2D eigenvalue weighted by molar-refractivity contribution is 6.31. The molecule has 0 saturated carbocycles. The van der Waals surface area contributed by atoms with E-state index in [2.05, 4.69) is 22.2 Å². The molecule has 4 nitrogen and oxygen atoms in total. The Balaban J connectivity index is 2.22.